The van der Waals surface area contributed by atoms with E-state index >= 15 is 0 Å². The molecule has 0 aromatic carbocycles. The first-order chi connectivity index (χ1) is 10.5. The molecule has 6 nitrogen and oxygen atoms in total. The largest absolute Gasteiger partial charge is 0.465 e. The van der Waals surface area contributed by atoms with Gasteiger partial charge >= 0.3 is 12.2 Å². The van der Waals surface area contributed by atoms with Crippen LogP contribution in [0.1, 0.15) is 40.0 Å². The predicted octanol–water partition coefficient (Wildman–Crippen LogP) is 2.97. The molecule has 1 aliphatic rings. The molecule has 0 aromatic rings. The number of carboxylic acid groups (broad SMARTS) is 1. The normalized spacial score (nSPS) is 25.7. The van der Waals surface area contributed by atoms with Crippen molar-refractivity contribution < 1.29 is 28.2 Å². The molecule has 1 rings (SSSR count). The van der Waals surface area contributed by atoms with Crippen LogP contribution >= 0.6 is 0 Å². The summed E-state index contributed by atoms with van der Waals surface area (Å²) in [6.45, 7) is 5.26. The van der Waals surface area contributed by atoms with E-state index in [-0.39, 0.29) is 31.7 Å². The Hall–Kier alpha value is -1.60. The van der Waals surface area contributed by atoms with Crippen LogP contribution in [0.5, 0.6) is 0 Å². The van der Waals surface area contributed by atoms with E-state index in [0.717, 1.165) is 0 Å². The third-order valence-electron chi connectivity index (χ3n) is 3.65. The van der Waals surface area contributed by atoms with Gasteiger partial charge in [-0.1, -0.05) is 0 Å². The van der Waals surface area contributed by atoms with Gasteiger partial charge in [-0.15, -0.1) is 0 Å². The fourth-order valence-electron chi connectivity index (χ4n) is 2.72. The van der Waals surface area contributed by atoms with Crippen LogP contribution in [0, 0.1) is 5.92 Å². The summed E-state index contributed by atoms with van der Waals surface area (Å²) in [6, 6.07) is -0.604. The molecule has 1 saturated carbocycles. The first-order valence-corrected chi connectivity index (χ1v) is 7.69. The van der Waals surface area contributed by atoms with E-state index in [2.05, 4.69) is 5.32 Å². The minimum atomic E-state index is -1.49. The van der Waals surface area contributed by atoms with E-state index in [9.17, 15) is 18.4 Å². The van der Waals surface area contributed by atoms with Gasteiger partial charge < -0.3 is 20.1 Å². The van der Waals surface area contributed by atoms with Crippen molar-refractivity contribution in [1.82, 2.24) is 10.2 Å². The number of carbonyl (C=O) groups is 2. The van der Waals surface area contributed by atoms with Crippen molar-refractivity contribution in [1.29, 1.82) is 0 Å². The Kier molecular flexibility index (Phi) is 6.58. The number of carbonyl (C=O) groups excluding carboxylic acids is 1. The molecule has 1 unspecified atom stereocenters. The second kappa shape index (κ2) is 7.79. The topological polar surface area (TPSA) is 78.9 Å². The molecule has 0 spiro atoms. The lowest BCUT2D eigenvalue weighted by atomic mass is 9.98. The average Bonchev–Trinajstić information content (AvgIpc) is 2.64. The van der Waals surface area contributed by atoms with Crippen molar-refractivity contribution in [2.45, 2.75) is 64.0 Å². The Morgan fingerprint density at radius 2 is 1.83 bits per heavy atom. The van der Waals surface area contributed by atoms with Crippen LogP contribution in [-0.4, -0.2) is 59.8 Å². The summed E-state index contributed by atoms with van der Waals surface area (Å²) in [4.78, 5) is 24.1. The molecule has 134 valence electrons. The Labute approximate surface area is 135 Å². The van der Waals surface area contributed by atoms with E-state index in [4.69, 9.17) is 9.84 Å². The van der Waals surface area contributed by atoms with Crippen molar-refractivity contribution in [3.05, 3.63) is 0 Å². The maximum atomic E-state index is 13.3. The van der Waals surface area contributed by atoms with Crippen molar-refractivity contribution in [3.63, 3.8) is 0 Å². The van der Waals surface area contributed by atoms with E-state index in [0.29, 0.717) is 0 Å². The molecule has 2 N–H and O–H groups in total. The van der Waals surface area contributed by atoms with Crippen LogP contribution in [-0.2, 0) is 4.74 Å². The van der Waals surface area contributed by atoms with E-state index < -0.39 is 36.2 Å². The lowest BCUT2D eigenvalue weighted by Crippen LogP contribution is -2.46. The molecule has 0 aromatic heterocycles. The van der Waals surface area contributed by atoms with Crippen molar-refractivity contribution >= 4 is 12.2 Å². The average molecular weight is 336 g/mol. The highest BCUT2D eigenvalue weighted by atomic mass is 19.2. The number of hydrogen-bond donors (Lipinski definition) is 2. The van der Waals surface area contributed by atoms with Gasteiger partial charge in [0.25, 0.3) is 0 Å². The number of rotatable bonds is 5. The number of ether oxygens (including phenoxy) is 1. The zero-order valence-corrected chi connectivity index (χ0v) is 14.0. The summed E-state index contributed by atoms with van der Waals surface area (Å²) < 4.78 is 31.7. The highest BCUT2D eigenvalue weighted by molar-refractivity contribution is 5.68. The second-order valence-electron chi connectivity index (χ2n) is 7.11. The predicted molar refractivity (Wildman–Crippen MR) is 80.9 cm³/mol. The van der Waals surface area contributed by atoms with E-state index in [1.165, 1.54) is 11.9 Å². The molecule has 4 atom stereocenters. The van der Waals surface area contributed by atoms with Gasteiger partial charge in [-0.3, -0.25) is 0 Å². The Bertz CT molecular complexity index is 418. The fraction of sp³-hybridized carbons (Fsp3) is 0.867. The van der Waals surface area contributed by atoms with Crippen LogP contribution < -0.4 is 5.32 Å². The molecule has 0 radical (unpaired) electrons. The molecule has 1 aliphatic carbocycles. The quantitative estimate of drug-likeness (QED) is 0.809. The highest BCUT2D eigenvalue weighted by Gasteiger charge is 2.36. The maximum Gasteiger partial charge on any atom is 0.410 e. The lowest BCUT2D eigenvalue weighted by molar-refractivity contribution is 0.0277. The van der Waals surface area contributed by atoms with Crippen LogP contribution in [0.15, 0.2) is 0 Å². The molecule has 23 heavy (non-hydrogen) atoms. The van der Waals surface area contributed by atoms with Gasteiger partial charge in [0.2, 0.25) is 0 Å². The first kappa shape index (κ1) is 19.4. The zero-order valence-electron chi connectivity index (χ0n) is 14.0. The molecule has 0 aliphatic heterocycles. The molecule has 0 saturated heterocycles. The van der Waals surface area contributed by atoms with Crippen LogP contribution in [0.3, 0.4) is 0 Å². The maximum absolute atomic E-state index is 13.3. The smallest absolute Gasteiger partial charge is 0.410 e. The Morgan fingerprint density at radius 1 is 1.30 bits per heavy atom. The second-order valence-corrected chi connectivity index (χ2v) is 7.11. The number of amides is 2. The standard InChI is InChI=1S/C15H26F2N2O4/c1-15(2,3)23-14(22)19(4)8-10(18-13(20)21)5-9-6-11(16)12(17)7-9/h9-12,18H,5-8H2,1-4H3,(H,20,21)/t9?,10-,11-,12+/m0/s1. The van der Waals surface area contributed by atoms with E-state index in [1.54, 1.807) is 20.8 Å². The number of halogens is 2. The number of hydrogen-bond acceptors (Lipinski definition) is 3. The highest BCUT2D eigenvalue weighted by Crippen LogP contribution is 2.33. The molecule has 8 heteroatoms. The number of likely N-dealkylation sites (N-methyl/N-ethyl adjacent to an activating group) is 1. The van der Waals surface area contributed by atoms with Crippen molar-refractivity contribution in [2.75, 3.05) is 13.6 Å². The summed E-state index contributed by atoms with van der Waals surface area (Å²) >= 11 is 0. The number of alkyl halides is 2. The summed E-state index contributed by atoms with van der Waals surface area (Å²) in [5.41, 5.74) is -0.657. The van der Waals surface area contributed by atoms with Crippen LogP contribution in [0.4, 0.5) is 18.4 Å². The number of nitrogens with one attached hydrogen (secondary N) is 1. The van der Waals surface area contributed by atoms with Gasteiger partial charge in [0.15, 0.2) is 0 Å². The number of nitrogens with zero attached hydrogens (tertiary/aromatic N) is 1. The molecule has 0 heterocycles. The minimum absolute atomic E-state index is 0.0750. The lowest BCUT2D eigenvalue weighted by Gasteiger charge is -2.28. The summed E-state index contributed by atoms with van der Waals surface area (Å²) in [5, 5.41) is 11.2. The Balaban J connectivity index is 2.60. The monoisotopic (exact) mass is 336 g/mol. The summed E-state index contributed by atoms with van der Waals surface area (Å²) in [5.74, 6) is -0.246. The third-order valence-corrected chi connectivity index (χ3v) is 3.65. The van der Waals surface area contributed by atoms with Gasteiger partial charge in [0, 0.05) is 13.6 Å². The summed E-state index contributed by atoms with van der Waals surface area (Å²) in [6.07, 6.45) is -4.36. The van der Waals surface area contributed by atoms with Crippen LogP contribution in [0.2, 0.25) is 0 Å². The molecular formula is C15H26F2N2O4. The van der Waals surface area contributed by atoms with Crippen molar-refractivity contribution in [2.24, 2.45) is 5.92 Å². The SMILES string of the molecule is CN(C[C@H](CC1C[C@@H](F)[C@@H](F)C1)NC(=O)O)C(=O)OC(C)(C)C. The van der Waals surface area contributed by atoms with Gasteiger partial charge in [0.05, 0.1) is 6.04 Å². The minimum Gasteiger partial charge on any atom is -0.465 e. The Morgan fingerprint density at radius 3 is 2.26 bits per heavy atom. The van der Waals surface area contributed by atoms with Gasteiger partial charge in [0.1, 0.15) is 17.9 Å². The van der Waals surface area contributed by atoms with Crippen LogP contribution in [0.25, 0.3) is 0 Å². The molecule has 1 fully saturated rings. The van der Waals surface area contributed by atoms with Gasteiger partial charge in [-0.05, 0) is 46.0 Å². The third kappa shape index (κ3) is 7.00. The zero-order chi connectivity index (χ0) is 17.8. The van der Waals surface area contributed by atoms with Crippen molar-refractivity contribution in [3.8, 4) is 0 Å². The van der Waals surface area contributed by atoms with Gasteiger partial charge in [-0.25, -0.2) is 18.4 Å². The van der Waals surface area contributed by atoms with Gasteiger partial charge in [-0.2, -0.15) is 0 Å². The fourth-order valence-corrected chi connectivity index (χ4v) is 2.72. The molecule has 0 bridgehead atoms. The molecule has 2 amide bonds. The van der Waals surface area contributed by atoms with E-state index in [1.807, 2.05) is 0 Å². The summed E-state index contributed by atoms with van der Waals surface area (Å²) in [7, 11) is 1.50. The molecular weight excluding hydrogens is 310 g/mol. The first-order valence-electron chi connectivity index (χ1n) is 7.69.